The van der Waals surface area contributed by atoms with E-state index in [0.717, 1.165) is 32.1 Å². The van der Waals surface area contributed by atoms with Crippen LogP contribution in [0.15, 0.2) is 0 Å². The molecule has 0 aromatic rings. The summed E-state index contributed by atoms with van der Waals surface area (Å²) in [5.74, 6) is 0.397. The number of hydrogen-bond donors (Lipinski definition) is 2. The summed E-state index contributed by atoms with van der Waals surface area (Å²) in [5.41, 5.74) is -0.549. The van der Waals surface area contributed by atoms with Crippen LogP contribution >= 0.6 is 0 Å². The molecule has 0 amide bonds. The third-order valence-electron chi connectivity index (χ3n) is 4.77. The number of aliphatic hydroxyl groups is 2. The standard InChI is InChI=1S/C12H22O2/c1-9-4-3-6-11(2)8-10(13)5-7-12(9,11)14/h9-10,13-14H,3-8H2,1-2H3. The maximum absolute atomic E-state index is 10.7. The average molecular weight is 198 g/mol. The highest BCUT2D eigenvalue weighted by molar-refractivity contribution is 5.05. The lowest BCUT2D eigenvalue weighted by atomic mass is 9.53. The molecule has 2 rings (SSSR count). The van der Waals surface area contributed by atoms with Crippen LogP contribution in [0.5, 0.6) is 0 Å². The molecule has 2 N–H and O–H groups in total. The minimum atomic E-state index is -0.509. The predicted molar refractivity (Wildman–Crippen MR) is 55.9 cm³/mol. The van der Waals surface area contributed by atoms with Crippen molar-refractivity contribution in [3.05, 3.63) is 0 Å². The number of hydrogen-bond acceptors (Lipinski definition) is 2. The van der Waals surface area contributed by atoms with Crippen LogP contribution in [0, 0.1) is 11.3 Å². The van der Waals surface area contributed by atoms with Gasteiger partial charge in [-0.15, -0.1) is 0 Å². The number of rotatable bonds is 0. The molecule has 4 atom stereocenters. The maximum Gasteiger partial charge on any atom is 0.0728 e. The van der Waals surface area contributed by atoms with E-state index < -0.39 is 5.60 Å². The highest BCUT2D eigenvalue weighted by atomic mass is 16.3. The van der Waals surface area contributed by atoms with Gasteiger partial charge in [0, 0.05) is 0 Å². The van der Waals surface area contributed by atoms with Crippen molar-refractivity contribution in [2.24, 2.45) is 11.3 Å². The van der Waals surface area contributed by atoms with Crippen LogP contribution in [0.4, 0.5) is 0 Å². The Morgan fingerprint density at radius 2 is 1.93 bits per heavy atom. The Bertz CT molecular complexity index is 228. The lowest BCUT2D eigenvalue weighted by Gasteiger charge is -2.56. The first kappa shape index (κ1) is 10.4. The minimum absolute atomic E-state index is 0.0394. The van der Waals surface area contributed by atoms with Crippen molar-refractivity contribution < 1.29 is 10.2 Å². The molecule has 0 aromatic heterocycles. The SMILES string of the molecule is CC1CCCC2(C)CC(O)CCC12O. The van der Waals surface area contributed by atoms with Gasteiger partial charge in [-0.2, -0.15) is 0 Å². The summed E-state index contributed by atoms with van der Waals surface area (Å²) in [6.45, 7) is 4.32. The van der Waals surface area contributed by atoms with Gasteiger partial charge in [0.25, 0.3) is 0 Å². The highest BCUT2D eigenvalue weighted by Gasteiger charge is 2.54. The Hall–Kier alpha value is -0.0800. The van der Waals surface area contributed by atoms with E-state index in [2.05, 4.69) is 13.8 Å². The van der Waals surface area contributed by atoms with E-state index >= 15 is 0 Å². The van der Waals surface area contributed by atoms with Gasteiger partial charge >= 0.3 is 0 Å². The second kappa shape index (κ2) is 3.21. The quantitative estimate of drug-likeness (QED) is 0.625. The first-order valence-electron chi connectivity index (χ1n) is 5.88. The normalized spacial score (nSPS) is 54.0. The number of fused-ring (bicyclic) bond motifs is 1. The summed E-state index contributed by atoms with van der Waals surface area (Å²) in [6, 6.07) is 0. The fourth-order valence-corrected chi connectivity index (χ4v) is 3.68. The maximum atomic E-state index is 10.7. The van der Waals surface area contributed by atoms with Crippen LogP contribution in [0.25, 0.3) is 0 Å². The molecule has 2 aliphatic rings. The van der Waals surface area contributed by atoms with Crippen molar-refractivity contribution in [2.75, 3.05) is 0 Å². The molecule has 0 radical (unpaired) electrons. The van der Waals surface area contributed by atoms with E-state index in [1.54, 1.807) is 0 Å². The van der Waals surface area contributed by atoms with Gasteiger partial charge in [0.1, 0.15) is 0 Å². The zero-order chi connectivity index (χ0) is 10.4. The van der Waals surface area contributed by atoms with E-state index in [4.69, 9.17) is 0 Å². The van der Waals surface area contributed by atoms with Gasteiger partial charge in [-0.1, -0.05) is 20.3 Å². The van der Waals surface area contributed by atoms with E-state index in [-0.39, 0.29) is 11.5 Å². The van der Waals surface area contributed by atoms with Crippen LogP contribution in [0.2, 0.25) is 0 Å². The molecule has 0 heterocycles. The molecule has 2 heteroatoms. The smallest absolute Gasteiger partial charge is 0.0728 e. The molecule has 82 valence electrons. The van der Waals surface area contributed by atoms with Gasteiger partial charge in [0.05, 0.1) is 11.7 Å². The van der Waals surface area contributed by atoms with E-state index in [0.29, 0.717) is 5.92 Å². The zero-order valence-corrected chi connectivity index (χ0v) is 9.29. The molecule has 2 nitrogen and oxygen atoms in total. The van der Waals surface area contributed by atoms with Crippen molar-refractivity contribution in [3.63, 3.8) is 0 Å². The van der Waals surface area contributed by atoms with E-state index in [1.165, 1.54) is 6.42 Å². The summed E-state index contributed by atoms with van der Waals surface area (Å²) in [6.07, 6.45) is 5.57. The molecule has 2 aliphatic carbocycles. The van der Waals surface area contributed by atoms with Gasteiger partial charge < -0.3 is 10.2 Å². The first-order chi connectivity index (χ1) is 6.48. The Labute approximate surface area is 86.3 Å². The first-order valence-corrected chi connectivity index (χ1v) is 5.88. The third-order valence-corrected chi connectivity index (χ3v) is 4.77. The lowest BCUT2D eigenvalue weighted by Crippen LogP contribution is -2.57. The third kappa shape index (κ3) is 1.31. The fourth-order valence-electron chi connectivity index (χ4n) is 3.68. The lowest BCUT2D eigenvalue weighted by molar-refractivity contribution is -0.184. The van der Waals surface area contributed by atoms with Gasteiger partial charge in [0.15, 0.2) is 0 Å². The Morgan fingerprint density at radius 3 is 2.64 bits per heavy atom. The Kier molecular flexibility index (Phi) is 2.39. The van der Waals surface area contributed by atoms with Gasteiger partial charge in [0.2, 0.25) is 0 Å². The molecule has 2 fully saturated rings. The van der Waals surface area contributed by atoms with Crippen molar-refractivity contribution in [2.45, 2.75) is 64.1 Å². The van der Waals surface area contributed by atoms with Crippen LogP contribution < -0.4 is 0 Å². The Morgan fingerprint density at radius 1 is 1.21 bits per heavy atom. The van der Waals surface area contributed by atoms with Crippen LogP contribution in [-0.2, 0) is 0 Å². The molecule has 0 spiro atoms. The summed E-state index contributed by atoms with van der Waals surface area (Å²) in [7, 11) is 0. The highest BCUT2D eigenvalue weighted by Crippen LogP contribution is 2.55. The molecule has 0 aromatic carbocycles. The van der Waals surface area contributed by atoms with Crippen LogP contribution in [0.3, 0.4) is 0 Å². The Balaban J connectivity index is 2.27. The molecule has 2 saturated carbocycles. The molecule has 0 aliphatic heterocycles. The van der Waals surface area contributed by atoms with Crippen molar-refractivity contribution >= 4 is 0 Å². The average Bonchev–Trinajstić information content (AvgIpc) is 2.10. The number of aliphatic hydroxyl groups excluding tert-OH is 1. The van der Waals surface area contributed by atoms with E-state index in [1.807, 2.05) is 0 Å². The predicted octanol–water partition coefficient (Wildman–Crippen LogP) is 2.09. The van der Waals surface area contributed by atoms with Gasteiger partial charge in [-0.3, -0.25) is 0 Å². The second-order valence-corrected chi connectivity index (χ2v) is 5.67. The summed E-state index contributed by atoms with van der Waals surface area (Å²) < 4.78 is 0. The summed E-state index contributed by atoms with van der Waals surface area (Å²) in [4.78, 5) is 0. The van der Waals surface area contributed by atoms with Gasteiger partial charge in [-0.05, 0) is 43.4 Å². The van der Waals surface area contributed by atoms with Gasteiger partial charge in [-0.25, -0.2) is 0 Å². The molecule has 0 saturated heterocycles. The topological polar surface area (TPSA) is 40.5 Å². The summed E-state index contributed by atoms with van der Waals surface area (Å²) in [5, 5.41) is 20.4. The second-order valence-electron chi connectivity index (χ2n) is 5.67. The molecule has 0 bridgehead atoms. The largest absolute Gasteiger partial charge is 0.393 e. The fraction of sp³-hybridized carbons (Fsp3) is 1.00. The van der Waals surface area contributed by atoms with Crippen LogP contribution in [0.1, 0.15) is 52.4 Å². The summed E-state index contributed by atoms with van der Waals surface area (Å²) >= 11 is 0. The molecule has 14 heavy (non-hydrogen) atoms. The molecular formula is C12H22O2. The monoisotopic (exact) mass is 198 g/mol. The molecule has 4 unspecified atom stereocenters. The van der Waals surface area contributed by atoms with Crippen LogP contribution in [-0.4, -0.2) is 21.9 Å². The van der Waals surface area contributed by atoms with E-state index in [9.17, 15) is 10.2 Å². The zero-order valence-electron chi connectivity index (χ0n) is 9.29. The molecular weight excluding hydrogens is 176 g/mol. The van der Waals surface area contributed by atoms with Crippen molar-refractivity contribution in [1.29, 1.82) is 0 Å². The van der Waals surface area contributed by atoms with Crippen molar-refractivity contribution in [3.8, 4) is 0 Å². The minimum Gasteiger partial charge on any atom is -0.393 e. The van der Waals surface area contributed by atoms with Crippen molar-refractivity contribution in [1.82, 2.24) is 0 Å².